The zero-order valence-electron chi connectivity index (χ0n) is 16.8. The molecule has 29 heavy (non-hydrogen) atoms. The zero-order valence-corrected chi connectivity index (χ0v) is 16.8. The van der Waals surface area contributed by atoms with Crippen molar-refractivity contribution in [2.45, 2.75) is 25.7 Å². The molecule has 148 valence electrons. The number of hydrogen-bond acceptors (Lipinski definition) is 4. The van der Waals surface area contributed by atoms with Crippen molar-refractivity contribution >= 4 is 5.69 Å². The van der Waals surface area contributed by atoms with Crippen LogP contribution in [0.3, 0.4) is 0 Å². The molecule has 1 unspecified atom stereocenters. The molecule has 4 nitrogen and oxygen atoms in total. The molecule has 0 N–H and O–H groups in total. The molecule has 0 spiro atoms. The molecule has 1 saturated heterocycles. The molecule has 2 aliphatic rings. The normalized spacial score (nSPS) is 20.0. The highest BCUT2D eigenvalue weighted by Crippen LogP contribution is 2.30. The molecule has 0 aliphatic carbocycles. The van der Waals surface area contributed by atoms with Crippen molar-refractivity contribution in [1.29, 1.82) is 0 Å². The Morgan fingerprint density at radius 1 is 0.724 bits per heavy atom. The topological polar surface area (TPSA) is 22.6 Å². The van der Waals surface area contributed by atoms with Crippen LogP contribution in [0.25, 0.3) is 0 Å². The molecule has 0 amide bonds. The van der Waals surface area contributed by atoms with Crippen LogP contribution in [0.15, 0.2) is 79.1 Å². The molecule has 1 aromatic heterocycles. The predicted molar refractivity (Wildman–Crippen MR) is 118 cm³/mol. The number of hydrogen-bond donors (Lipinski definition) is 0. The molecule has 0 bridgehead atoms. The number of benzene rings is 2. The van der Waals surface area contributed by atoms with Gasteiger partial charge < -0.3 is 4.90 Å². The van der Waals surface area contributed by atoms with E-state index in [-0.39, 0.29) is 0 Å². The highest BCUT2D eigenvalue weighted by molar-refractivity contribution is 5.56. The minimum Gasteiger partial charge on any atom is -0.364 e. The molecule has 3 heterocycles. The second kappa shape index (κ2) is 8.36. The average molecular weight is 385 g/mol. The van der Waals surface area contributed by atoms with Crippen LogP contribution < -0.4 is 4.90 Å². The Bertz CT molecular complexity index is 928. The second-order valence-corrected chi connectivity index (χ2v) is 8.22. The number of rotatable bonds is 4. The van der Waals surface area contributed by atoms with Crippen molar-refractivity contribution in [3.8, 4) is 0 Å². The third-order valence-corrected chi connectivity index (χ3v) is 6.14. The van der Waals surface area contributed by atoms with Gasteiger partial charge >= 0.3 is 0 Å². The number of aromatic nitrogens is 1. The summed E-state index contributed by atoms with van der Waals surface area (Å²) < 4.78 is 0. The molecular weight excluding hydrogens is 356 g/mol. The Morgan fingerprint density at radius 3 is 2.28 bits per heavy atom. The smallest absolute Gasteiger partial charge is 0.0545 e. The summed E-state index contributed by atoms with van der Waals surface area (Å²) in [5.74, 6) is 0. The van der Waals surface area contributed by atoms with Gasteiger partial charge in [-0.1, -0.05) is 48.5 Å². The van der Waals surface area contributed by atoms with Gasteiger partial charge in [0.1, 0.15) is 0 Å². The summed E-state index contributed by atoms with van der Waals surface area (Å²) >= 11 is 0. The number of anilines is 1. The molecule has 4 heteroatoms. The fraction of sp³-hybridized carbons (Fsp3) is 0.320. The lowest BCUT2D eigenvalue weighted by Crippen LogP contribution is -2.55. The number of para-hydroxylation sites is 1. The van der Waals surface area contributed by atoms with Crippen LogP contribution in [0.4, 0.5) is 5.69 Å². The molecule has 1 atom stereocenters. The second-order valence-electron chi connectivity index (χ2n) is 8.22. The first kappa shape index (κ1) is 18.3. The maximum absolute atomic E-state index is 4.17. The molecular formula is C25H28N4. The summed E-state index contributed by atoms with van der Waals surface area (Å²) in [6.07, 6.45) is 3.80. The van der Waals surface area contributed by atoms with Crippen LogP contribution >= 0.6 is 0 Å². The van der Waals surface area contributed by atoms with Gasteiger partial charge in [0, 0.05) is 63.9 Å². The van der Waals surface area contributed by atoms with Crippen molar-refractivity contribution in [2.24, 2.45) is 0 Å². The Labute approximate surface area is 173 Å². The number of fused-ring (bicyclic) bond motifs is 3. The predicted octanol–water partition coefficient (Wildman–Crippen LogP) is 3.79. The van der Waals surface area contributed by atoms with Gasteiger partial charge in [-0.3, -0.25) is 14.8 Å². The first-order valence-electron chi connectivity index (χ1n) is 10.6. The van der Waals surface area contributed by atoms with E-state index in [0.717, 1.165) is 45.8 Å². The average Bonchev–Trinajstić information content (AvgIpc) is 2.91. The molecule has 5 rings (SSSR count). The van der Waals surface area contributed by atoms with E-state index in [1.165, 1.54) is 22.4 Å². The first-order chi connectivity index (χ1) is 14.3. The summed E-state index contributed by atoms with van der Waals surface area (Å²) in [4.78, 5) is 12.1. The molecule has 2 aliphatic heterocycles. The summed E-state index contributed by atoms with van der Waals surface area (Å²) in [6, 6.07) is 24.6. The monoisotopic (exact) mass is 384 g/mol. The van der Waals surface area contributed by atoms with Crippen LogP contribution in [0.2, 0.25) is 0 Å². The van der Waals surface area contributed by atoms with Gasteiger partial charge in [0.2, 0.25) is 0 Å². The summed E-state index contributed by atoms with van der Waals surface area (Å²) in [6.45, 7) is 7.42. The molecule has 1 fully saturated rings. The van der Waals surface area contributed by atoms with Crippen molar-refractivity contribution in [3.05, 3.63) is 95.8 Å². The van der Waals surface area contributed by atoms with Gasteiger partial charge in [-0.15, -0.1) is 0 Å². The van der Waals surface area contributed by atoms with Crippen LogP contribution in [-0.4, -0.2) is 47.0 Å². The third kappa shape index (κ3) is 4.19. The largest absolute Gasteiger partial charge is 0.364 e. The minimum absolute atomic E-state index is 0.512. The lowest BCUT2D eigenvalue weighted by molar-refractivity contribution is 0.172. The Morgan fingerprint density at radius 2 is 1.41 bits per heavy atom. The van der Waals surface area contributed by atoms with E-state index in [9.17, 15) is 0 Å². The van der Waals surface area contributed by atoms with Crippen molar-refractivity contribution in [3.63, 3.8) is 0 Å². The number of nitrogens with zero attached hydrogens (tertiary/aromatic N) is 4. The van der Waals surface area contributed by atoms with Gasteiger partial charge in [0.15, 0.2) is 0 Å². The lowest BCUT2D eigenvalue weighted by atomic mass is 10.1. The Hall–Kier alpha value is -2.69. The highest BCUT2D eigenvalue weighted by Gasteiger charge is 2.32. The van der Waals surface area contributed by atoms with Crippen molar-refractivity contribution in [1.82, 2.24) is 14.8 Å². The van der Waals surface area contributed by atoms with E-state index in [1.54, 1.807) is 0 Å². The standard InChI is InChI=1S/C25H28N4/c1-2-6-21(7-3-1)16-27-14-15-29-24(19-27)20-28(17-22-10-12-26-13-11-22)18-23-8-4-5-9-25(23)29/h1-13,24H,14-20H2. The summed E-state index contributed by atoms with van der Waals surface area (Å²) in [5, 5.41) is 0. The third-order valence-electron chi connectivity index (χ3n) is 6.14. The van der Waals surface area contributed by atoms with Gasteiger partial charge in [0.25, 0.3) is 0 Å². The number of pyridine rings is 1. The summed E-state index contributed by atoms with van der Waals surface area (Å²) in [7, 11) is 0. The van der Waals surface area contributed by atoms with Gasteiger partial charge in [-0.25, -0.2) is 0 Å². The minimum atomic E-state index is 0.512. The van der Waals surface area contributed by atoms with E-state index in [4.69, 9.17) is 0 Å². The van der Waals surface area contributed by atoms with Gasteiger partial charge in [0.05, 0.1) is 6.04 Å². The fourth-order valence-corrected chi connectivity index (χ4v) is 4.77. The highest BCUT2D eigenvalue weighted by atomic mass is 15.3. The van der Waals surface area contributed by atoms with Crippen LogP contribution in [0.1, 0.15) is 16.7 Å². The quantitative estimate of drug-likeness (QED) is 0.683. The number of piperazine rings is 1. The van der Waals surface area contributed by atoms with Crippen LogP contribution in [0, 0.1) is 0 Å². The van der Waals surface area contributed by atoms with E-state index >= 15 is 0 Å². The lowest BCUT2D eigenvalue weighted by Gasteiger charge is -2.43. The van der Waals surface area contributed by atoms with E-state index in [1.807, 2.05) is 12.4 Å². The van der Waals surface area contributed by atoms with Gasteiger partial charge in [-0.2, -0.15) is 0 Å². The van der Waals surface area contributed by atoms with Crippen LogP contribution in [0.5, 0.6) is 0 Å². The summed E-state index contributed by atoms with van der Waals surface area (Å²) in [5.41, 5.74) is 5.61. The van der Waals surface area contributed by atoms with Crippen molar-refractivity contribution < 1.29 is 0 Å². The van der Waals surface area contributed by atoms with E-state index < -0.39 is 0 Å². The Kier molecular flexibility index (Phi) is 5.29. The van der Waals surface area contributed by atoms with Crippen LogP contribution in [-0.2, 0) is 19.6 Å². The molecule has 3 aromatic rings. The van der Waals surface area contributed by atoms with Gasteiger partial charge in [-0.05, 0) is 34.9 Å². The molecule has 2 aromatic carbocycles. The van der Waals surface area contributed by atoms with E-state index in [2.05, 4.69) is 86.4 Å². The molecule has 0 radical (unpaired) electrons. The fourth-order valence-electron chi connectivity index (χ4n) is 4.77. The molecule has 0 saturated carbocycles. The maximum atomic E-state index is 4.17. The SMILES string of the molecule is c1ccc(CN2CCN3c4ccccc4CN(Cc4ccncc4)CC3C2)cc1. The Balaban J connectivity index is 1.37. The van der Waals surface area contributed by atoms with E-state index in [0.29, 0.717) is 6.04 Å². The van der Waals surface area contributed by atoms with Crippen molar-refractivity contribution in [2.75, 3.05) is 31.1 Å². The maximum Gasteiger partial charge on any atom is 0.0545 e. The zero-order chi connectivity index (χ0) is 19.5. The first-order valence-corrected chi connectivity index (χ1v) is 10.6.